The van der Waals surface area contributed by atoms with Crippen molar-refractivity contribution in [1.29, 1.82) is 0 Å². The van der Waals surface area contributed by atoms with Crippen LogP contribution in [0.5, 0.6) is 0 Å². The molecule has 156 valence electrons. The predicted octanol–water partition coefficient (Wildman–Crippen LogP) is 3.91. The molecule has 2 N–H and O–H groups in total. The number of hydrogen-bond acceptors (Lipinski definition) is 3. The lowest BCUT2D eigenvalue weighted by molar-refractivity contribution is -0.117. The Kier molecular flexibility index (Phi) is 8.19. The summed E-state index contributed by atoms with van der Waals surface area (Å²) >= 11 is 0. The van der Waals surface area contributed by atoms with Crippen molar-refractivity contribution in [1.82, 2.24) is 14.8 Å². The van der Waals surface area contributed by atoms with Gasteiger partial charge < -0.3 is 20.1 Å². The van der Waals surface area contributed by atoms with E-state index in [4.69, 9.17) is 0 Å². The van der Waals surface area contributed by atoms with E-state index in [2.05, 4.69) is 58.6 Å². The van der Waals surface area contributed by atoms with Gasteiger partial charge in [0, 0.05) is 43.5 Å². The van der Waals surface area contributed by atoms with Crippen molar-refractivity contribution in [2.45, 2.75) is 50.7 Å². The number of nitrogens with one attached hydrogen (secondary N) is 2. The molecular weight excluding hydrogens is 395 g/mol. The highest BCUT2D eigenvalue weighted by molar-refractivity contribution is 5.94. The number of nitrogens with zero attached hydrogens (tertiary/aromatic N) is 2. The molecule has 7 heteroatoms. The van der Waals surface area contributed by atoms with E-state index in [-0.39, 0.29) is 30.7 Å². The molecule has 28 heavy (non-hydrogen) atoms. The number of anilines is 1. The molecular formula is C21H32Cl2N4O. The molecule has 3 heterocycles. The quantitative estimate of drug-likeness (QED) is 0.735. The molecule has 0 spiro atoms. The minimum Gasteiger partial charge on any atom is -0.346 e. The van der Waals surface area contributed by atoms with Gasteiger partial charge >= 0.3 is 0 Å². The first-order valence-electron chi connectivity index (χ1n) is 9.86. The Hall–Kier alpha value is -1.27. The normalized spacial score (nSPS) is 23.3. The molecule has 1 amide bonds. The molecule has 2 atom stereocenters. The van der Waals surface area contributed by atoms with Crippen LogP contribution in [-0.2, 0) is 11.3 Å². The summed E-state index contributed by atoms with van der Waals surface area (Å²) in [6, 6.07) is 9.65. The van der Waals surface area contributed by atoms with Gasteiger partial charge in [-0.1, -0.05) is 6.07 Å². The fourth-order valence-corrected chi connectivity index (χ4v) is 4.58. The van der Waals surface area contributed by atoms with E-state index in [9.17, 15) is 4.79 Å². The van der Waals surface area contributed by atoms with Gasteiger partial charge in [0.15, 0.2) is 0 Å². The van der Waals surface area contributed by atoms with E-state index in [1.54, 1.807) is 0 Å². The van der Waals surface area contributed by atoms with E-state index >= 15 is 0 Å². The number of amides is 1. The molecule has 2 aromatic rings. The number of piperidine rings is 1. The number of carbonyl (C=O) groups is 1. The molecule has 4 rings (SSSR count). The molecule has 2 aliphatic heterocycles. The molecule has 2 fully saturated rings. The van der Waals surface area contributed by atoms with Gasteiger partial charge in [-0.3, -0.25) is 4.79 Å². The molecule has 2 aliphatic rings. The zero-order valence-corrected chi connectivity index (χ0v) is 18.3. The summed E-state index contributed by atoms with van der Waals surface area (Å²) in [6.45, 7) is 1.95. The molecule has 1 aromatic heterocycles. The Morgan fingerprint density at radius 1 is 1.18 bits per heavy atom. The van der Waals surface area contributed by atoms with Gasteiger partial charge in [-0.25, -0.2) is 0 Å². The topological polar surface area (TPSA) is 49.3 Å². The highest BCUT2D eigenvalue weighted by atomic mass is 35.5. The van der Waals surface area contributed by atoms with Crippen LogP contribution >= 0.6 is 24.8 Å². The number of rotatable bonds is 6. The number of hydrogen-bond donors (Lipinski definition) is 2. The lowest BCUT2D eigenvalue weighted by Gasteiger charge is -2.28. The highest BCUT2D eigenvalue weighted by Crippen LogP contribution is 2.33. The summed E-state index contributed by atoms with van der Waals surface area (Å²) in [5, 5.41) is 8.00. The largest absolute Gasteiger partial charge is 0.346 e. The molecule has 0 aliphatic carbocycles. The Morgan fingerprint density at radius 2 is 1.89 bits per heavy atom. The lowest BCUT2D eigenvalue weighted by atomic mass is 9.89. The Balaban J connectivity index is 0.00000140. The average Bonchev–Trinajstić information content (AvgIpc) is 3.15. The maximum atomic E-state index is 12.5. The number of likely N-dealkylation sites (N-methyl/N-ethyl adjacent to an activating group) is 1. The monoisotopic (exact) mass is 426 g/mol. The lowest BCUT2D eigenvalue weighted by Crippen LogP contribution is -2.39. The molecule has 0 saturated carbocycles. The van der Waals surface area contributed by atoms with Crippen molar-refractivity contribution in [3.63, 3.8) is 0 Å². The van der Waals surface area contributed by atoms with Gasteiger partial charge in [-0.15, -0.1) is 24.8 Å². The Labute approximate surface area is 180 Å². The first-order chi connectivity index (χ1) is 12.6. The molecule has 2 saturated heterocycles. The van der Waals surface area contributed by atoms with Crippen molar-refractivity contribution in [3.05, 3.63) is 30.5 Å². The highest BCUT2D eigenvalue weighted by Gasteiger charge is 2.34. The summed E-state index contributed by atoms with van der Waals surface area (Å²) in [5.41, 5.74) is 2.09. The van der Waals surface area contributed by atoms with Crippen LogP contribution in [0, 0.1) is 5.92 Å². The smallest absolute Gasteiger partial charge is 0.224 e. The van der Waals surface area contributed by atoms with E-state index in [0.29, 0.717) is 24.4 Å². The van der Waals surface area contributed by atoms with Crippen molar-refractivity contribution in [2.75, 3.05) is 26.0 Å². The van der Waals surface area contributed by atoms with Gasteiger partial charge in [0.25, 0.3) is 0 Å². The SMILES string of the molecule is CN(C)CCn1ccc2ccc(NC(=O)CC3CC4CCC(C3)N4)cc21.Cl.Cl. The zero-order chi connectivity index (χ0) is 18.1. The van der Waals surface area contributed by atoms with E-state index in [0.717, 1.165) is 31.6 Å². The third-order valence-corrected chi connectivity index (χ3v) is 5.89. The number of carbonyl (C=O) groups excluding carboxylic acids is 1. The van der Waals surface area contributed by atoms with Crippen LogP contribution < -0.4 is 10.6 Å². The van der Waals surface area contributed by atoms with E-state index < -0.39 is 0 Å². The molecule has 2 bridgehead atoms. The molecule has 0 radical (unpaired) electrons. The Bertz CT molecular complexity index is 780. The second-order valence-electron chi connectivity index (χ2n) is 8.31. The van der Waals surface area contributed by atoms with Crippen molar-refractivity contribution in [3.8, 4) is 0 Å². The summed E-state index contributed by atoms with van der Waals surface area (Å²) in [4.78, 5) is 14.7. The van der Waals surface area contributed by atoms with Crippen LogP contribution in [0.3, 0.4) is 0 Å². The van der Waals surface area contributed by atoms with Gasteiger partial charge in [-0.05, 0) is 69.3 Å². The fourth-order valence-electron chi connectivity index (χ4n) is 4.58. The van der Waals surface area contributed by atoms with Crippen molar-refractivity contribution >= 4 is 47.3 Å². The molecule has 2 unspecified atom stereocenters. The number of benzene rings is 1. The summed E-state index contributed by atoms with van der Waals surface area (Å²) in [5.74, 6) is 0.684. The van der Waals surface area contributed by atoms with Gasteiger partial charge in [0.2, 0.25) is 5.91 Å². The van der Waals surface area contributed by atoms with Crippen LogP contribution in [0.1, 0.15) is 32.1 Å². The third-order valence-electron chi connectivity index (χ3n) is 5.89. The maximum absolute atomic E-state index is 12.5. The van der Waals surface area contributed by atoms with Crippen LogP contribution in [0.25, 0.3) is 10.9 Å². The summed E-state index contributed by atoms with van der Waals surface area (Å²) in [7, 11) is 4.18. The molecule has 1 aromatic carbocycles. The number of fused-ring (bicyclic) bond motifs is 3. The predicted molar refractivity (Wildman–Crippen MR) is 121 cm³/mol. The standard InChI is InChI=1S/C21H30N4O.2ClH/c1-24(2)9-10-25-8-7-16-3-4-19(14-20(16)25)23-21(26)13-15-11-17-5-6-18(12-15)22-17;;/h3-4,7-8,14-15,17-18,22H,5-6,9-13H2,1-2H3,(H,23,26);2*1H. The summed E-state index contributed by atoms with van der Waals surface area (Å²) < 4.78 is 2.26. The van der Waals surface area contributed by atoms with Gasteiger partial charge in [0.1, 0.15) is 0 Å². The fraction of sp³-hybridized carbons (Fsp3) is 0.571. The van der Waals surface area contributed by atoms with Crippen LogP contribution in [-0.4, -0.2) is 48.1 Å². The molecule has 5 nitrogen and oxygen atoms in total. The van der Waals surface area contributed by atoms with Crippen LogP contribution in [0.4, 0.5) is 5.69 Å². The number of halogens is 2. The first kappa shape index (κ1) is 23.0. The van der Waals surface area contributed by atoms with E-state index in [1.165, 1.54) is 23.7 Å². The average molecular weight is 427 g/mol. The first-order valence-corrected chi connectivity index (χ1v) is 9.86. The van der Waals surface area contributed by atoms with Crippen molar-refractivity contribution < 1.29 is 4.79 Å². The van der Waals surface area contributed by atoms with E-state index in [1.807, 2.05) is 6.07 Å². The second kappa shape index (κ2) is 9.97. The van der Waals surface area contributed by atoms with Crippen LogP contribution in [0.2, 0.25) is 0 Å². The second-order valence-corrected chi connectivity index (χ2v) is 8.31. The van der Waals surface area contributed by atoms with Crippen molar-refractivity contribution in [2.24, 2.45) is 5.92 Å². The minimum absolute atomic E-state index is 0. The maximum Gasteiger partial charge on any atom is 0.224 e. The van der Waals surface area contributed by atoms with Crippen LogP contribution in [0.15, 0.2) is 30.5 Å². The minimum atomic E-state index is 0. The zero-order valence-electron chi connectivity index (χ0n) is 16.7. The summed E-state index contributed by atoms with van der Waals surface area (Å²) in [6.07, 6.45) is 7.64. The third kappa shape index (κ3) is 5.41. The number of aromatic nitrogens is 1. The Morgan fingerprint density at radius 3 is 2.57 bits per heavy atom. The van der Waals surface area contributed by atoms with Gasteiger partial charge in [-0.2, -0.15) is 0 Å². The van der Waals surface area contributed by atoms with Gasteiger partial charge in [0.05, 0.1) is 5.52 Å².